The van der Waals surface area contributed by atoms with Crippen LogP contribution in [0, 0.1) is 5.92 Å². The third-order valence-electron chi connectivity index (χ3n) is 5.23. The summed E-state index contributed by atoms with van der Waals surface area (Å²) in [6.07, 6.45) is 4.55. The van der Waals surface area contributed by atoms with Crippen molar-refractivity contribution in [3.63, 3.8) is 0 Å². The highest BCUT2D eigenvalue weighted by Crippen LogP contribution is 2.29. The van der Waals surface area contributed by atoms with Crippen molar-refractivity contribution in [2.75, 3.05) is 0 Å². The van der Waals surface area contributed by atoms with Crippen LogP contribution in [-0.2, 0) is 27.4 Å². The number of aryl methyl sites for hydroxylation is 1. The van der Waals surface area contributed by atoms with Crippen molar-refractivity contribution < 1.29 is 18.7 Å². The first-order valence-corrected chi connectivity index (χ1v) is 9.95. The molecule has 0 saturated heterocycles. The Labute approximate surface area is 168 Å². The molecule has 1 heterocycles. The second kappa shape index (κ2) is 8.78. The number of carbonyl (C=O) groups excluding carboxylic acids is 2. The number of carbonyl (C=O) groups is 2. The predicted octanol–water partition coefficient (Wildman–Crippen LogP) is 3.75. The minimum atomic E-state index is -0.665. The summed E-state index contributed by atoms with van der Waals surface area (Å²) in [5, 5.41) is 3.91. The molecule has 1 saturated carbocycles. The number of hydrogen-bond donors (Lipinski definition) is 1. The molecule has 0 unspecified atom stereocenters. The number of hydrogen-bond acceptors (Lipinski definition) is 5. The monoisotopic (exact) mass is 405 g/mol. The summed E-state index contributed by atoms with van der Waals surface area (Å²) in [6, 6.07) is 4.11. The van der Waals surface area contributed by atoms with Gasteiger partial charge in [0.2, 0.25) is 5.91 Å². The van der Waals surface area contributed by atoms with E-state index >= 15 is 0 Å². The summed E-state index contributed by atoms with van der Waals surface area (Å²) in [6.45, 7) is 3.26. The normalized spacial score (nSPS) is 15.5. The molecule has 1 N–H and O–H groups in total. The first-order valence-electron chi connectivity index (χ1n) is 9.58. The van der Waals surface area contributed by atoms with Gasteiger partial charge in [-0.05, 0) is 42.9 Å². The van der Waals surface area contributed by atoms with Crippen LogP contribution in [0.2, 0.25) is 5.02 Å². The molecular weight excluding hydrogens is 382 g/mol. The number of halogens is 1. The zero-order chi connectivity index (χ0) is 20.3. The lowest BCUT2D eigenvalue weighted by Crippen LogP contribution is -2.45. The van der Waals surface area contributed by atoms with Gasteiger partial charge in [-0.3, -0.25) is 4.79 Å². The molecule has 3 rings (SSSR count). The van der Waals surface area contributed by atoms with Crippen molar-refractivity contribution >= 4 is 34.4 Å². The van der Waals surface area contributed by atoms with E-state index in [0.717, 1.165) is 31.2 Å². The molecule has 0 bridgehead atoms. The zero-order valence-electron chi connectivity index (χ0n) is 16.0. The van der Waals surface area contributed by atoms with Gasteiger partial charge < -0.3 is 14.5 Å². The smallest absolute Gasteiger partial charge is 0.336 e. The number of rotatable bonds is 6. The summed E-state index contributed by atoms with van der Waals surface area (Å²) in [4.78, 5) is 36.1. The van der Waals surface area contributed by atoms with Crippen molar-refractivity contribution in [3.8, 4) is 0 Å². The lowest BCUT2D eigenvalue weighted by Gasteiger charge is -2.22. The van der Waals surface area contributed by atoms with Crippen LogP contribution < -0.4 is 10.9 Å². The highest BCUT2D eigenvalue weighted by molar-refractivity contribution is 6.32. The molecular formula is C21H24ClNO5. The Kier molecular flexibility index (Phi) is 6.39. The molecule has 28 heavy (non-hydrogen) atoms. The van der Waals surface area contributed by atoms with Gasteiger partial charge in [0, 0.05) is 29.0 Å². The molecule has 2 aromatic rings. The molecule has 6 nitrogen and oxygen atoms in total. The largest absolute Gasteiger partial charge is 0.459 e. The van der Waals surface area contributed by atoms with Gasteiger partial charge in [0.1, 0.15) is 18.2 Å². The summed E-state index contributed by atoms with van der Waals surface area (Å²) in [7, 11) is 0. The van der Waals surface area contributed by atoms with Crippen LogP contribution in [0.1, 0.15) is 50.7 Å². The topological polar surface area (TPSA) is 85.6 Å². The summed E-state index contributed by atoms with van der Waals surface area (Å²) < 4.78 is 10.8. The standard InChI is InChI=1S/C21H24ClNO5/c1-3-13-8-18-16(10-17(13)22)15(9-19(25)28-18)11-27-21(26)20(23-12(2)24)14-6-4-5-7-14/h8-10,14,20H,3-7,11H2,1-2H3,(H,23,24)/t20-/m0/s1. The van der Waals surface area contributed by atoms with Crippen molar-refractivity contribution in [1.29, 1.82) is 0 Å². The molecule has 1 aliphatic carbocycles. The molecule has 0 aliphatic heterocycles. The van der Waals surface area contributed by atoms with Gasteiger partial charge in [0.05, 0.1) is 0 Å². The Balaban J connectivity index is 1.83. The van der Waals surface area contributed by atoms with Crippen LogP contribution in [0.3, 0.4) is 0 Å². The fraction of sp³-hybridized carbons (Fsp3) is 0.476. The molecule has 1 amide bonds. The first-order chi connectivity index (χ1) is 13.4. The van der Waals surface area contributed by atoms with Crippen LogP contribution in [0.4, 0.5) is 0 Å². The summed E-state index contributed by atoms with van der Waals surface area (Å²) >= 11 is 6.30. The second-order valence-electron chi connectivity index (χ2n) is 7.21. The van der Waals surface area contributed by atoms with E-state index in [-0.39, 0.29) is 18.4 Å². The number of esters is 1. The zero-order valence-corrected chi connectivity index (χ0v) is 16.8. The lowest BCUT2D eigenvalue weighted by molar-refractivity contribution is -0.150. The van der Waals surface area contributed by atoms with E-state index in [0.29, 0.717) is 28.0 Å². The highest BCUT2D eigenvalue weighted by atomic mass is 35.5. The number of ether oxygens (including phenoxy) is 1. The third-order valence-corrected chi connectivity index (χ3v) is 5.58. The van der Waals surface area contributed by atoms with Crippen LogP contribution >= 0.6 is 11.6 Å². The van der Waals surface area contributed by atoms with E-state index < -0.39 is 17.6 Å². The Morgan fingerprint density at radius 2 is 1.96 bits per heavy atom. The highest BCUT2D eigenvalue weighted by Gasteiger charge is 2.32. The molecule has 0 spiro atoms. The number of nitrogens with one attached hydrogen (secondary N) is 1. The molecule has 1 atom stereocenters. The molecule has 0 radical (unpaired) electrons. The van der Waals surface area contributed by atoms with Gasteiger partial charge in [0.15, 0.2) is 0 Å². The van der Waals surface area contributed by atoms with Crippen LogP contribution in [0.25, 0.3) is 11.0 Å². The summed E-state index contributed by atoms with van der Waals surface area (Å²) in [5.74, 6) is -0.672. The second-order valence-corrected chi connectivity index (χ2v) is 7.62. The lowest BCUT2D eigenvalue weighted by atomic mass is 9.98. The van der Waals surface area contributed by atoms with Crippen molar-refractivity contribution in [2.45, 2.75) is 58.6 Å². The SMILES string of the molecule is CCc1cc2oc(=O)cc(COC(=O)[C@@H](NC(C)=O)C3CCCC3)c2cc1Cl. The Hall–Kier alpha value is -2.34. The van der Waals surface area contributed by atoms with E-state index in [1.165, 1.54) is 13.0 Å². The van der Waals surface area contributed by atoms with E-state index in [1.54, 1.807) is 12.1 Å². The average molecular weight is 406 g/mol. The predicted molar refractivity (Wildman–Crippen MR) is 106 cm³/mol. The third kappa shape index (κ3) is 4.55. The number of benzene rings is 1. The van der Waals surface area contributed by atoms with E-state index in [4.69, 9.17) is 20.8 Å². The maximum atomic E-state index is 12.7. The van der Waals surface area contributed by atoms with Gasteiger partial charge in [0.25, 0.3) is 0 Å². The van der Waals surface area contributed by atoms with Crippen LogP contribution in [-0.4, -0.2) is 17.9 Å². The van der Waals surface area contributed by atoms with Crippen LogP contribution in [0.5, 0.6) is 0 Å². The quantitative estimate of drug-likeness (QED) is 0.584. The molecule has 1 fully saturated rings. The fourth-order valence-corrected chi connectivity index (χ4v) is 4.09. The Bertz CT molecular complexity index is 946. The summed E-state index contributed by atoms with van der Waals surface area (Å²) in [5.41, 5.74) is 1.29. The van der Waals surface area contributed by atoms with Crippen molar-refractivity contribution in [1.82, 2.24) is 5.32 Å². The Morgan fingerprint density at radius 3 is 2.61 bits per heavy atom. The first kappa shape index (κ1) is 20.4. The minimum Gasteiger partial charge on any atom is -0.459 e. The average Bonchev–Trinajstić information content (AvgIpc) is 3.18. The van der Waals surface area contributed by atoms with Gasteiger partial charge in [-0.1, -0.05) is 31.4 Å². The van der Waals surface area contributed by atoms with Gasteiger partial charge >= 0.3 is 11.6 Å². The molecule has 150 valence electrons. The Morgan fingerprint density at radius 1 is 1.25 bits per heavy atom. The van der Waals surface area contributed by atoms with Crippen LogP contribution in [0.15, 0.2) is 27.4 Å². The van der Waals surface area contributed by atoms with E-state index in [9.17, 15) is 14.4 Å². The van der Waals surface area contributed by atoms with Gasteiger partial charge in [-0.15, -0.1) is 0 Å². The molecule has 1 aromatic heterocycles. The van der Waals surface area contributed by atoms with Gasteiger partial charge in [-0.2, -0.15) is 0 Å². The van der Waals surface area contributed by atoms with E-state index in [1.807, 2.05) is 6.92 Å². The fourth-order valence-electron chi connectivity index (χ4n) is 3.80. The number of amides is 1. The maximum Gasteiger partial charge on any atom is 0.336 e. The van der Waals surface area contributed by atoms with E-state index in [2.05, 4.69) is 5.32 Å². The molecule has 1 aliphatic rings. The molecule has 7 heteroatoms. The minimum absolute atomic E-state index is 0.0792. The molecule has 1 aromatic carbocycles. The van der Waals surface area contributed by atoms with Crippen molar-refractivity contribution in [3.05, 3.63) is 44.8 Å². The van der Waals surface area contributed by atoms with Crippen molar-refractivity contribution in [2.24, 2.45) is 5.92 Å². The maximum absolute atomic E-state index is 12.7. The van der Waals surface area contributed by atoms with Gasteiger partial charge in [-0.25, -0.2) is 9.59 Å². The number of fused-ring (bicyclic) bond motifs is 1.